The molecule has 2 saturated heterocycles. The van der Waals surface area contributed by atoms with Gasteiger partial charge >= 0.3 is 0 Å². The fourth-order valence-electron chi connectivity index (χ4n) is 4.56. The predicted molar refractivity (Wildman–Crippen MR) is 104 cm³/mol. The zero-order valence-corrected chi connectivity index (χ0v) is 15.6. The van der Waals surface area contributed by atoms with Crippen LogP contribution in [-0.4, -0.2) is 51.8 Å². The second-order valence-corrected chi connectivity index (χ2v) is 7.72. The molecule has 6 heteroatoms. The molecule has 2 aromatic heterocycles. The average molecular weight is 361 g/mol. The third kappa shape index (κ3) is 2.63. The minimum atomic E-state index is 0.102. The summed E-state index contributed by atoms with van der Waals surface area (Å²) in [5.41, 5.74) is 4.16. The topological polar surface area (TPSA) is 63.1 Å². The molecule has 2 atom stereocenters. The van der Waals surface area contributed by atoms with E-state index in [1.54, 1.807) is 4.68 Å². The Morgan fingerprint density at radius 2 is 1.85 bits per heavy atom. The first-order valence-corrected chi connectivity index (χ1v) is 9.51. The van der Waals surface area contributed by atoms with E-state index in [-0.39, 0.29) is 5.91 Å². The summed E-state index contributed by atoms with van der Waals surface area (Å²) in [7, 11) is 1.89. The van der Waals surface area contributed by atoms with Crippen molar-refractivity contribution in [1.82, 2.24) is 25.0 Å². The van der Waals surface area contributed by atoms with Crippen molar-refractivity contribution in [2.24, 2.45) is 18.9 Å². The van der Waals surface area contributed by atoms with Gasteiger partial charge in [-0.05, 0) is 24.8 Å². The second kappa shape index (κ2) is 6.16. The van der Waals surface area contributed by atoms with Crippen LogP contribution in [0.3, 0.4) is 0 Å². The SMILES string of the molecule is Cc1nn(C)c2nc(-c3ccccc3)cc(C(=O)N3C[C@H]4CNC[C@H]4C3)c12. The summed E-state index contributed by atoms with van der Waals surface area (Å²) in [5, 5.41) is 8.83. The Labute approximate surface area is 158 Å². The van der Waals surface area contributed by atoms with E-state index < -0.39 is 0 Å². The number of nitrogens with one attached hydrogen (secondary N) is 1. The molecule has 2 aliphatic rings. The lowest BCUT2D eigenvalue weighted by molar-refractivity contribution is 0.0783. The number of aryl methyl sites for hydroxylation is 2. The fraction of sp³-hybridized carbons (Fsp3) is 0.381. The molecule has 4 heterocycles. The maximum atomic E-state index is 13.5. The van der Waals surface area contributed by atoms with Crippen molar-refractivity contribution in [2.75, 3.05) is 26.2 Å². The number of hydrogen-bond donors (Lipinski definition) is 1. The van der Waals surface area contributed by atoms with Crippen molar-refractivity contribution >= 4 is 16.9 Å². The smallest absolute Gasteiger partial charge is 0.254 e. The summed E-state index contributed by atoms with van der Waals surface area (Å²) in [6.45, 7) is 5.65. The Hall–Kier alpha value is -2.73. The highest BCUT2D eigenvalue weighted by Crippen LogP contribution is 2.31. The van der Waals surface area contributed by atoms with Crippen molar-refractivity contribution in [3.8, 4) is 11.3 Å². The number of likely N-dealkylation sites (tertiary alicyclic amines) is 1. The molecule has 0 bridgehead atoms. The van der Waals surface area contributed by atoms with Gasteiger partial charge in [-0.25, -0.2) is 4.98 Å². The number of nitrogens with zero attached hydrogens (tertiary/aromatic N) is 4. The van der Waals surface area contributed by atoms with E-state index >= 15 is 0 Å². The van der Waals surface area contributed by atoms with E-state index in [2.05, 4.69) is 10.4 Å². The van der Waals surface area contributed by atoms with Crippen molar-refractivity contribution in [3.63, 3.8) is 0 Å². The van der Waals surface area contributed by atoms with Gasteiger partial charge in [0.15, 0.2) is 5.65 Å². The van der Waals surface area contributed by atoms with Crippen LogP contribution in [-0.2, 0) is 7.05 Å². The number of rotatable bonds is 2. The summed E-state index contributed by atoms with van der Waals surface area (Å²) in [6.07, 6.45) is 0. The number of pyridine rings is 1. The Bertz CT molecular complexity index is 1010. The van der Waals surface area contributed by atoms with Gasteiger partial charge in [-0.15, -0.1) is 0 Å². The average Bonchev–Trinajstić information content (AvgIpc) is 3.35. The van der Waals surface area contributed by atoms with Crippen molar-refractivity contribution in [3.05, 3.63) is 47.7 Å². The Kier molecular flexibility index (Phi) is 3.75. The first-order chi connectivity index (χ1) is 13.1. The molecule has 1 N–H and O–H groups in total. The summed E-state index contributed by atoms with van der Waals surface area (Å²) >= 11 is 0. The van der Waals surface area contributed by atoms with Crippen molar-refractivity contribution in [1.29, 1.82) is 0 Å². The van der Waals surface area contributed by atoms with E-state index in [1.165, 1.54) is 0 Å². The Balaban J connectivity index is 1.63. The monoisotopic (exact) mass is 361 g/mol. The molecule has 1 amide bonds. The Morgan fingerprint density at radius 1 is 1.15 bits per heavy atom. The van der Waals surface area contributed by atoms with Gasteiger partial charge in [0, 0.05) is 38.8 Å². The van der Waals surface area contributed by atoms with Gasteiger partial charge in [-0.1, -0.05) is 30.3 Å². The van der Waals surface area contributed by atoms with Gasteiger partial charge in [0.1, 0.15) is 0 Å². The number of hydrogen-bond acceptors (Lipinski definition) is 4. The zero-order valence-electron chi connectivity index (χ0n) is 15.6. The molecule has 0 spiro atoms. The summed E-state index contributed by atoms with van der Waals surface area (Å²) in [6, 6.07) is 12.0. The summed E-state index contributed by atoms with van der Waals surface area (Å²) < 4.78 is 1.77. The lowest BCUT2D eigenvalue weighted by Gasteiger charge is -2.19. The molecule has 138 valence electrons. The predicted octanol–water partition coefficient (Wildman–Crippen LogP) is 2.24. The largest absolute Gasteiger partial charge is 0.338 e. The van der Waals surface area contributed by atoms with Gasteiger partial charge < -0.3 is 10.2 Å². The molecule has 27 heavy (non-hydrogen) atoms. The number of fused-ring (bicyclic) bond motifs is 2. The van der Waals surface area contributed by atoms with Crippen molar-refractivity contribution < 1.29 is 4.79 Å². The van der Waals surface area contributed by atoms with Gasteiger partial charge in [0.2, 0.25) is 0 Å². The molecule has 2 fully saturated rings. The van der Waals surface area contributed by atoms with Crippen LogP contribution in [0.2, 0.25) is 0 Å². The van der Waals surface area contributed by atoms with Gasteiger partial charge in [0.25, 0.3) is 5.91 Å². The van der Waals surface area contributed by atoms with Crippen LogP contribution in [0.15, 0.2) is 36.4 Å². The highest BCUT2D eigenvalue weighted by molar-refractivity contribution is 6.07. The lowest BCUT2D eigenvalue weighted by Crippen LogP contribution is -2.32. The minimum absolute atomic E-state index is 0.102. The van der Waals surface area contributed by atoms with Crippen LogP contribution in [0.4, 0.5) is 0 Å². The van der Waals surface area contributed by atoms with E-state index in [1.807, 2.05) is 55.3 Å². The molecule has 0 radical (unpaired) electrons. The molecule has 2 aliphatic heterocycles. The zero-order chi connectivity index (χ0) is 18.5. The Morgan fingerprint density at radius 3 is 2.56 bits per heavy atom. The van der Waals surface area contributed by atoms with Crippen LogP contribution in [0.5, 0.6) is 0 Å². The minimum Gasteiger partial charge on any atom is -0.338 e. The number of aromatic nitrogens is 3. The number of benzene rings is 1. The molecule has 0 aliphatic carbocycles. The first-order valence-electron chi connectivity index (χ1n) is 9.51. The normalized spacial score (nSPS) is 21.8. The molecule has 0 saturated carbocycles. The number of carbonyl (C=O) groups excluding carboxylic acids is 1. The van der Waals surface area contributed by atoms with Crippen LogP contribution in [0.1, 0.15) is 16.1 Å². The fourth-order valence-corrected chi connectivity index (χ4v) is 4.56. The molecular weight excluding hydrogens is 338 g/mol. The number of amides is 1. The molecule has 6 nitrogen and oxygen atoms in total. The molecular formula is C21H23N5O. The van der Waals surface area contributed by atoms with E-state index in [4.69, 9.17) is 4.98 Å². The van der Waals surface area contributed by atoms with Gasteiger partial charge in [-0.2, -0.15) is 5.10 Å². The first kappa shape index (κ1) is 16.4. The van der Waals surface area contributed by atoms with E-state index in [9.17, 15) is 4.79 Å². The van der Waals surface area contributed by atoms with Gasteiger partial charge in [-0.3, -0.25) is 9.48 Å². The standard InChI is InChI=1S/C21H23N5O/c1-13-19-17(21(27)26-11-15-9-22-10-16(15)12-26)8-18(14-6-4-3-5-7-14)23-20(19)25(2)24-13/h3-8,15-16,22H,9-12H2,1-2H3/t15-,16+. The number of carbonyl (C=O) groups is 1. The molecule has 1 aromatic carbocycles. The van der Waals surface area contributed by atoms with Crippen LogP contribution in [0, 0.1) is 18.8 Å². The van der Waals surface area contributed by atoms with Gasteiger partial charge in [0.05, 0.1) is 22.3 Å². The quantitative estimate of drug-likeness (QED) is 0.760. The summed E-state index contributed by atoms with van der Waals surface area (Å²) in [4.78, 5) is 20.3. The van der Waals surface area contributed by atoms with Crippen LogP contribution < -0.4 is 5.32 Å². The van der Waals surface area contributed by atoms with Crippen LogP contribution >= 0.6 is 0 Å². The van der Waals surface area contributed by atoms with Crippen LogP contribution in [0.25, 0.3) is 22.3 Å². The summed E-state index contributed by atoms with van der Waals surface area (Å²) in [5.74, 6) is 1.26. The van der Waals surface area contributed by atoms with E-state index in [0.29, 0.717) is 11.8 Å². The molecule has 0 unspecified atom stereocenters. The maximum absolute atomic E-state index is 13.5. The molecule has 5 rings (SSSR count). The second-order valence-electron chi connectivity index (χ2n) is 7.72. The van der Waals surface area contributed by atoms with E-state index in [0.717, 1.165) is 59.7 Å². The highest BCUT2D eigenvalue weighted by Gasteiger charge is 2.39. The lowest BCUT2D eigenvalue weighted by atomic mass is 10.0. The third-order valence-corrected chi connectivity index (χ3v) is 5.95. The highest BCUT2D eigenvalue weighted by atomic mass is 16.2. The third-order valence-electron chi connectivity index (χ3n) is 5.95. The molecule has 3 aromatic rings. The van der Waals surface area contributed by atoms with Crippen molar-refractivity contribution in [2.45, 2.75) is 6.92 Å². The maximum Gasteiger partial charge on any atom is 0.254 e.